The molecule has 4 aromatic rings. The Morgan fingerprint density at radius 1 is 0.857 bits per heavy atom. The number of aromatic nitrogens is 1. The molecule has 0 amide bonds. The summed E-state index contributed by atoms with van der Waals surface area (Å²) in [6.45, 7) is 1.96. The van der Waals surface area contributed by atoms with Crippen molar-refractivity contribution in [2.45, 2.75) is 6.92 Å². The van der Waals surface area contributed by atoms with Gasteiger partial charge in [0.25, 0.3) is 0 Å². The number of hydrogen-bond donors (Lipinski definition) is 1. The van der Waals surface area contributed by atoms with Crippen LogP contribution in [0, 0.1) is 6.92 Å². The predicted molar refractivity (Wildman–Crippen MR) is 115 cm³/mol. The number of hydrogen-bond acceptors (Lipinski definition) is 5. The molecule has 0 aliphatic carbocycles. The van der Waals surface area contributed by atoms with Crippen LogP contribution in [0.4, 0.5) is 5.69 Å². The molecule has 0 saturated heterocycles. The van der Waals surface area contributed by atoms with Crippen molar-refractivity contribution in [1.29, 1.82) is 0 Å². The van der Waals surface area contributed by atoms with Crippen LogP contribution in [0.1, 0.15) is 11.3 Å². The molecule has 28 heavy (non-hydrogen) atoms. The summed E-state index contributed by atoms with van der Waals surface area (Å²) in [4.78, 5) is 4.60. The summed E-state index contributed by atoms with van der Waals surface area (Å²) >= 11 is 0. The predicted octanol–water partition coefficient (Wildman–Crippen LogP) is 5.16. The Morgan fingerprint density at radius 3 is 2.39 bits per heavy atom. The van der Waals surface area contributed by atoms with Crippen molar-refractivity contribution in [3.05, 3.63) is 71.9 Å². The summed E-state index contributed by atoms with van der Waals surface area (Å²) in [7, 11) is 3.33. The van der Waals surface area contributed by atoms with Crippen molar-refractivity contribution in [2.75, 3.05) is 19.6 Å². The molecule has 0 saturated carbocycles. The number of pyridine rings is 1. The lowest BCUT2D eigenvalue weighted by atomic mass is 10.0. The zero-order chi connectivity index (χ0) is 19.5. The first-order valence-corrected chi connectivity index (χ1v) is 9.00. The second kappa shape index (κ2) is 7.56. The van der Waals surface area contributed by atoms with Crippen LogP contribution in [0.2, 0.25) is 0 Å². The molecule has 3 aromatic carbocycles. The van der Waals surface area contributed by atoms with Crippen LogP contribution in [0.25, 0.3) is 21.7 Å². The maximum Gasteiger partial charge on any atom is 0.145 e. The van der Waals surface area contributed by atoms with E-state index in [1.807, 2.05) is 67.7 Å². The van der Waals surface area contributed by atoms with Gasteiger partial charge >= 0.3 is 0 Å². The Labute approximate surface area is 163 Å². The monoisotopic (exact) mass is 371 g/mol. The lowest BCUT2D eigenvalue weighted by Crippen LogP contribution is -1.97. The quantitative estimate of drug-likeness (QED) is 0.389. The van der Waals surface area contributed by atoms with Gasteiger partial charge in [0.2, 0.25) is 0 Å². The minimum absolute atomic E-state index is 0.745. The Kier molecular flexibility index (Phi) is 4.81. The van der Waals surface area contributed by atoms with Crippen molar-refractivity contribution in [3.8, 4) is 11.5 Å². The van der Waals surface area contributed by atoms with Gasteiger partial charge in [-0.15, -0.1) is 0 Å². The second-order valence-electron chi connectivity index (χ2n) is 6.44. The number of para-hydroxylation sites is 1. The van der Waals surface area contributed by atoms with Crippen LogP contribution in [0.5, 0.6) is 11.5 Å². The van der Waals surface area contributed by atoms with Crippen LogP contribution < -0.4 is 14.9 Å². The first-order chi connectivity index (χ1) is 13.7. The molecule has 1 aromatic heterocycles. The van der Waals surface area contributed by atoms with Crippen LogP contribution in [-0.4, -0.2) is 25.4 Å². The van der Waals surface area contributed by atoms with E-state index in [2.05, 4.69) is 21.6 Å². The highest BCUT2D eigenvalue weighted by Crippen LogP contribution is 2.30. The van der Waals surface area contributed by atoms with Crippen LogP contribution in [0.3, 0.4) is 0 Å². The molecule has 140 valence electrons. The van der Waals surface area contributed by atoms with E-state index in [4.69, 9.17) is 9.47 Å². The van der Waals surface area contributed by atoms with Crippen LogP contribution in [-0.2, 0) is 0 Å². The molecule has 1 heterocycles. The molecule has 4 rings (SSSR count). The summed E-state index contributed by atoms with van der Waals surface area (Å²) in [5.74, 6) is 1.60. The summed E-state index contributed by atoms with van der Waals surface area (Å²) in [6.07, 6.45) is 1.82. The Bertz CT molecular complexity index is 1190. The highest BCUT2D eigenvalue weighted by Gasteiger charge is 2.08. The van der Waals surface area contributed by atoms with Gasteiger partial charge in [-0.3, -0.25) is 5.43 Å². The minimum Gasteiger partial charge on any atom is -0.496 e. The summed E-state index contributed by atoms with van der Waals surface area (Å²) in [5.41, 5.74) is 6.77. The van der Waals surface area contributed by atoms with E-state index < -0.39 is 0 Å². The SMILES string of the molecule is COc1ccc(/C=N/Nc2cc(C)nc3c(OC)cccc23)c2ccccc12. The van der Waals surface area contributed by atoms with Crippen LogP contribution in [0.15, 0.2) is 65.8 Å². The molecule has 1 N–H and O–H groups in total. The number of anilines is 1. The van der Waals surface area contributed by atoms with E-state index in [1.165, 1.54) is 0 Å². The van der Waals surface area contributed by atoms with Gasteiger partial charge < -0.3 is 9.47 Å². The zero-order valence-corrected chi connectivity index (χ0v) is 16.1. The van der Waals surface area contributed by atoms with Crippen molar-refractivity contribution in [2.24, 2.45) is 5.10 Å². The topological polar surface area (TPSA) is 55.7 Å². The second-order valence-corrected chi connectivity index (χ2v) is 6.44. The minimum atomic E-state index is 0.745. The molecule has 0 atom stereocenters. The molecule has 0 bridgehead atoms. The molecule has 5 heteroatoms. The van der Waals surface area contributed by atoms with Gasteiger partial charge in [0.15, 0.2) is 0 Å². The fourth-order valence-corrected chi connectivity index (χ4v) is 3.36. The van der Waals surface area contributed by atoms with Gasteiger partial charge in [0.05, 0.1) is 26.1 Å². The van der Waals surface area contributed by atoms with E-state index in [0.29, 0.717) is 0 Å². The molecule has 5 nitrogen and oxygen atoms in total. The zero-order valence-electron chi connectivity index (χ0n) is 16.1. The molecule has 0 unspecified atom stereocenters. The fraction of sp³-hybridized carbons (Fsp3) is 0.130. The van der Waals surface area contributed by atoms with E-state index in [1.54, 1.807) is 14.2 Å². The maximum atomic E-state index is 5.46. The number of ether oxygens (including phenoxy) is 2. The number of aryl methyl sites for hydroxylation is 1. The lowest BCUT2D eigenvalue weighted by Gasteiger charge is -2.10. The third-order valence-electron chi connectivity index (χ3n) is 4.68. The number of rotatable bonds is 5. The normalized spacial score (nSPS) is 11.2. The number of benzene rings is 3. The van der Waals surface area contributed by atoms with Crippen molar-refractivity contribution in [1.82, 2.24) is 4.98 Å². The van der Waals surface area contributed by atoms with E-state index in [0.717, 1.165) is 50.1 Å². The highest BCUT2D eigenvalue weighted by molar-refractivity contribution is 6.03. The smallest absolute Gasteiger partial charge is 0.145 e. The van der Waals surface area contributed by atoms with Crippen molar-refractivity contribution >= 4 is 33.6 Å². The fourth-order valence-electron chi connectivity index (χ4n) is 3.36. The van der Waals surface area contributed by atoms with E-state index in [-0.39, 0.29) is 0 Å². The molecular formula is C23H21N3O2. The summed E-state index contributed by atoms with van der Waals surface area (Å²) in [5, 5.41) is 7.59. The largest absolute Gasteiger partial charge is 0.496 e. The Balaban J connectivity index is 1.71. The number of nitrogens with one attached hydrogen (secondary N) is 1. The maximum absolute atomic E-state index is 5.46. The lowest BCUT2D eigenvalue weighted by molar-refractivity contribution is 0.419. The molecule has 0 spiro atoms. The van der Waals surface area contributed by atoms with Gasteiger partial charge in [-0.05, 0) is 36.6 Å². The summed E-state index contributed by atoms with van der Waals surface area (Å²) in [6, 6.07) is 19.9. The Hall–Kier alpha value is -3.60. The summed E-state index contributed by atoms with van der Waals surface area (Å²) < 4.78 is 10.9. The van der Waals surface area contributed by atoms with Gasteiger partial charge in [0, 0.05) is 22.0 Å². The van der Waals surface area contributed by atoms with Gasteiger partial charge in [0.1, 0.15) is 17.0 Å². The molecular weight excluding hydrogens is 350 g/mol. The number of nitrogens with zero attached hydrogens (tertiary/aromatic N) is 2. The highest BCUT2D eigenvalue weighted by atomic mass is 16.5. The standard InChI is InChI=1S/C23H21N3O2/c1-15-13-20(19-9-6-10-22(28-3)23(19)25-15)26-24-14-16-11-12-21(27-2)18-8-5-4-7-17(16)18/h4-14H,1-3H3,(H,25,26)/b24-14+. The van der Waals surface area contributed by atoms with Crippen LogP contribution >= 0.6 is 0 Å². The van der Waals surface area contributed by atoms with Crippen molar-refractivity contribution in [3.63, 3.8) is 0 Å². The third kappa shape index (κ3) is 3.22. The van der Waals surface area contributed by atoms with E-state index in [9.17, 15) is 0 Å². The average molecular weight is 371 g/mol. The van der Waals surface area contributed by atoms with E-state index >= 15 is 0 Å². The number of hydrazone groups is 1. The third-order valence-corrected chi connectivity index (χ3v) is 4.68. The van der Waals surface area contributed by atoms with Gasteiger partial charge in [-0.25, -0.2) is 4.98 Å². The molecule has 0 aliphatic rings. The Morgan fingerprint density at radius 2 is 1.61 bits per heavy atom. The average Bonchev–Trinajstić information content (AvgIpc) is 2.73. The first kappa shape index (κ1) is 17.8. The van der Waals surface area contributed by atoms with Crippen molar-refractivity contribution < 1.29 is 9.47 Å². The molecule has 0 aliphatic heterocycles. The van der Waals surface area contributed by atoms with Gasteiger partial charge in [-0.1, -0.05) is 36.4 Å². The first-order valence-electron chi connectivity index (χ1n) is 9.00. The van der Waals surface area contributed by atoms with Gasteiger partial charge in [-0.2, -0.15) is 5.10 Å². The molecule has 0 fully saturated rings. The number of fused-ring (bicyclic) bond motifs is 2. The number of methoxy groups -OCH3 is 2. The molecule has 0 radical (unpaired) electrons.